The quantitative estimate of drug-likeness (QED) is 0.806. The predicted molar refractivity (Wildman–Crippen MR) is 81.4 cm³/mol. The first kappa shape index (κ1) is 15.8. The predicted octanol–water partition coefficient (Wildman–Crippen LogP) is 3.38. The average molecular weight is 281 g/mol. The van der Waals surface area contributed by atoms with E-state index in [2.05, 4.69) is 33.0 Å². The third-order valence-corrected chi connectivity index (χ3v) is 5.25. The summed E-state index contributed by atoms with van der Waals surface area (Å²) in [5.41, 5.74) is -0.364. The number of carbonyl (C=O) groups is 1. The summed E-state index contributed by atoms with van der Waals surface area (Å²) in [6, 6.07) is 0. The fourth-order valence-electron chi connectivity index (χ4n) is 3.91. The van der Waals surface area contributed by atoms with Crippen LogP contribution >= 0.6 is 0 Å². The second-order valence-corrected chi connectivity index (χ2v) is 7.71. The molecule has 0 amide bonds. The summed E-state index contributed by atoms with van der Waals surface area (Å²) < 4.78 is 5.88. The number of hydrogen-bond acceptors (Lipinski definition) is 3. The molecule has 0 aromatic heterocycles. The molecule has 3 nitrogen and oxygen atoms in total. The van der Waals surface area contributed by atoms with Crippen LogP contribution in [0.5, 0.6) is 0 Å². The van der Waals surface area contributed by atoms with Crippen LogP contribution in [0, 0.1) is 23.2 Å². The van der Waals surface area contributed by atoms with Gasteiger partial charge in [0.25, 0.3) is 0 Å². The molecule has 0 bridgehead atoms. The van der Waals surface area contributed by atoms with Gasteiger partial charge in [-0.25, -0.2) is 0 Å². The lowest BCUT2D eigenvalue weighted by Gasteiger charge is -2.38. The maximum atomic E-state index is 12.6. The van der Waals surface area contributed by atoms with Gasteiger partial charge in [-0.3, -0.25) is 4.79 Å². The Morgan fingerprint density at radius 2 is 1.80 bits per heavy atom. The lowest BCUT2D eigenvalue weighted by atomic mass is 9.75. The second kappa shape index (κ2) is 6.46. The van der Waals surface area contributed by atoms with E-state index in [-0.39, 0.29) is 17.5 Å². The largest absolute Gasteiger partial charge is 0.462 e. The van der Waals surface area contributed by atoms with E-state index < -0.39 is 0 Å². The highest BCUT2D eigenvalue weighted by molar-refractivity contribution is 5.76. The fraction of sp³-hybridized carbons (Fsp3) is 0.941. The molecule has 0 spiro atoms. The SMILES string of the molecule is CC1CC(C)CC(OC(=O)C(C)(C)C2CCCNC2)C1. The third kappa shape index (κ3) is 3.75. The van der Waals surface area contributed by atoms with Crippen molar-refractivity contribution >= 4 is 5.97 Å². The minimum atomic E-state index is -0.364. The van der Waals surface area contributed by atoms with Crippen LogP contribution in [0.4, 0.5) is 0 Å². The molecule has 2 aliphatic rings. The monoisotopic (exact) mass is 281 g/mol. The number of carbonyl (C=O) groups excluding carboxylic acids is 1. The van der Waals surface area contributed by atoms with Gasteiger partial charge in [-0.15, -0.1) is 0 Å². The molecule has 1 saturated carbocycles. The molecule has 0 aromatic carbocycles. The second-order valence-electron chi connectivity index (χ2n) is 7.71. The Bertz CT molecular complexity index is 324. The maximum Gasteiger partial charge on any atom is 0.312 e. The molecule has 2 rings (SSSR count). The van der Waals surface area contributed by atoms with Crippen LogP contribution in [0.3, 0.4) is 0 Å². The first-order valence-corrected chi connectivity index (χ1v) is 8.31. The Hall–Kier alpha value is -0.570. The third-order valence-electron chi connectivity index (χ3n) is 5.25. The molecular weight excluding hydrogens is 250 g/mol. The molecule has 1 saturated heterocycles. The number of esters is 1. The molecule has 0 radical (unpaired) electrons. The summed E-state index contributed by atoms with van der Waals surface area (Å²) in [6.45, 7) is 10.7. The number of nitrogens with one attached hydrogen (secondary N) is 1. The van der Waals surface area contributed by atoms with E-state index in [0.29, 0.717) is 17.8 Å². The van der Waals surface area contributed by atoms with Crippen molar-refractivity contribution in [3.8, 4) is 0 Å². The van der Waals surface area contributed by atoms with Crippen LogP contribution in [0.1, 0.15) is 59.8 Å². The van der Waals surface area contributed by atoms with Crippen molar-refractivity contribution in [3.05, 3.63) is 0 Å². The van der Waals surface area contributed by atoms with Crippen molar-refractivity contribution in [2.24, 2.45) is 23.2 Å². The lowest BCUT2D eigenvalue weighted by Crippen LogP contribution is -2.44. The van der Waals surface area contributed by atoms with Gasteiger partial charge in [0.2, 0.25) is 0 Å². The first-order valence-electron chi connectivity index (χ1n) is 8.31. The van der Waals surface area contributed by atoms with Crippen molar-refractivity contribution < 1.29 is 9.53 Å². The highest BCUT2D eigenvalue weighted by Crippen LogP contribution is 2.36. The number of hydrogen-bond donors (Lipinski definition) is 1. The molecule has 1 aliphatic carbocycles. The Morgan fingerprint density at radius 3 is 2.35 bits per heavy atom. The fourth-order valence-corrected chi connectivity index (χ4v) is 3.91. The molecule has 1 N–H and O–H groups in total. The molecule has 3 unspecified atom stereocenters. The van der Waals surface area contributed by atoms with Crippen LogP contribution in [-0.2, 0) is 9.53 Å². The van der Waals surface area contributed by atoms with Gasteiger partial charge in [-0.1, -0.05) is 13.8 Å². The number of piperidine rings is 1. The normalized spacial score (nSPS) is 35.6. The van der Waals surface area contributed by atoms with Gasteiger partial charge in [-0.05, 0) is 76.8 Å². The standard InChI is InChI=1S/C17H31NO2/c1-12-8-13(2)10-15(9-12)20-16(19)17(3,4)14-6-5-7-18-11-14/h12-15,18H,5-11H2,1-4H3. The zero-order chi connectivity index (χ0) is 14.8. The van der Waals surface area contributed by atoms with Crippen LogP contribution in [0.2, 0.25) is 0 Å². The highest BCUT2D eigenvalue weighted by Gasteiger charge is 2.40. The molecular formula is C17H31NO2. The van der Waals surface area contributed by atoms with Crippen LogP contribution in [-0.4, -0.2) is 25.2 Å². The maximum absolute atomic E-state index is 12.6. The molecule has 2 fully saturated rings. The summed E-state index contributed by atoms with van der Waals surface area (Å²) >= 11 is 0. The Labute approximate surface area is 123 Å². The van der Waals surface area contributed by atoms with Gasteiger partial charge in [0.1, 0.15) is 6.10 Å². The molecule has 20 heavy (non-hydrogen) atoms. The minimum absolute atomic E-state index is 0.0116. The first-order chi connectivity index (χ1) is 9.39. The van der Waals surface area contributed by atoms with Crippen LogP contribution in [0.25, 0.3) is 0 Å². The molecule has 3 atom stereocenters. The van der Waals surface area contributed by atoms with Crippen molar-refractivity contribution in [2.45, 2.75) is 65.9 Å². The zero-order valence-corrected chi connectivity index (χ0v) is 13.6. The number of rotatable bonds is 3. The topological polar surface area (TPSA) is 38.3 Å². The van der Waals surface area contributed by atoms with E-state index in [1.807, 2.05) is 0 Å². The van der Waals surface area contributed by atoms with E-state index in [9.17, 15) is 4.79 Å². The average Bonchev–Trinajstić information content (AvgIpc) is 2.38. The van der Waals surface area contributed by atoms with Crippen molar-refractivity contribution in [2.75, 3.05) is 13.1 Å². The van der Waals surface area contributed by atoms with E-state index in [4.69, 9.17) is 4.74 Å². The molecule has 1 heterocycles. The van der Waals surface area contributed by atoms with Crippen molar-refractivity contribution in [1.29, 1.82) is 0 Å². The van der Waals surface area contributed by atoms with Crippen LogP contribution < -0.4 is 5.32 Å². The van der Waals surface area contributed by atoms with Gasteiger partial charge >= 0.3 is 5.97 Å². The summed E-state index contributed by atoms with van der Waals surface area (Å²) in [7, 11) is 0. The summed E-state index contributed by atoms with van der Waals surface area (Å²) in [4.78, 5) is 12.6. The molecule has 3 heteroatoms. The van der Waals surface area contributed by atoms with E-state index in [1.54, 1.807) is 0 Å². The minimum Gasteiger partial charge on any atom is -0.462 e. The summed E-state index contributed by atoms with van der Waals surface area (Å²) in [5.74, 6) is 1.77. The van der Waals surface area contributed by atoms with Gasteiger partial charge in [0, 0.05) is 0 Å². The molecule has 0 aromatic rings. The van der Waals surface area contributed by atoms with Gasteiger partial charge in [0.05, 0.1) is 5.41 Å². The lowest BCUT2D eigenvalue weighted by molar-refractivity contribution is -0.166. The van der Waals surface area contributed by atoms with Gasteiger partial charge in [-0.2, -0.15) is 0 Å². The Morgan fingerprint density at radius 1 is 1.15 bits per heavy atom. The van der Waals surface area contributed by atoms with Crippen LogP contribution in [0.15, 0.2) is 0 Å². The molecule has 116 valence electrons. The summed E-state index contributed by atoms with van der Waals surface area (Å²) in [6.07, 6.45) is 5.77. The Kier molecular flexibility index (Phi) is 5.11. The smallest absolute Gasteiger partial charge is 0.312 e. The Balaban J connectivity index is 1.92. The number of ether oxygens (including phenoxy) is 1. The van der Waals surface area contributed by atoms with Crippen molar-refractivity contribution in [1.82, 2.24) is 5.32 Å². The van der Waals surface area contributed by atoms with Crippen molar-refractivity contribution in [3.63, 3.8) is 0 Å². The zero-order valence-electron chi connectivity index (χ0n) is 13.6. The van der Waals surface area contributed by atoms with Gasteiger partial charge in [0.15, 0.2) is 0 Å². The van der Waals surface area contributed by atoms with Gasteiger partial charge < -0.3 is 10.1 Å². The summed E-state index contributed by atoms with van der Waals surface area (Å²) in [5, 5.41) is 3.41. The van der Waals surface area contributed by atoms with E-state index in [1.165, 1.54) is 12.8 Å². The van der Waals surface area contributed by atoms with E-state index in [0.717, 1.165) is 32.4 Å². The highest BCUT2D eigenvalue weighted by atomic mass is 16.5. The molecule has 1 aliphatic heterocycles. The van der Waals surface area contributed by atoms with E-state index >= 15 is 0 Å².